The molecule has 1 heterocycles. The number of benzene rings is 1. The molecule has 1 aromatic rings. The Kier molecular flexibility index (Phi) is 5.47. The molecule has 0 N–H and O–H groups in total. The van der Waals surface area contributed by atoms with Crippen molar-refractivity contribution in [1.82, 2.24) is 4.90 Å². The van der Waals surface area contributed by atoms with Crippen molar-refractivity contribution in [2.75, 3.05) is 20.8 Å². The molecule has 6 nitrogen and oxygen atoms in total. The summed E-state index contributed by atoms with van der Waals surface area (Å²) >= 11 is 0. The SMILES string of the molecule is CCC(C)OC(=O)N1CCc2c(ccc(C(=O)OC)c2OC)C1. The molecule has 1 aromatic carbocycles. The maximum Gasteiger partial charge on any atom is 0.410 e. The van der Waals surface area contributed by atoms with Gasteiger partial charge in [-0.1, -0.05) is 13.0 Å². The number of fused-ring (bicyclic) bond motifs is 1. The Morgan fingerprint density at radius 3 is 2.65 bits per heavy atom. The Labute approximate surface area is 136 Å². The van der Waals surface area contributed by atoms with Crippen molar-refractivity contribution in [3.8, 4) is 5.75 Å². The smallest absolute Gasteiger partial charge is 0.410 e. The van der Waals surface area contributed by atoms with Crippen molar-refractivity contribution in [1.29, 1.82) is 0 Å². The molecule has 0 aliphatic carbocycles. The van der Waals surface area contributed by atoms with E-state index in [1.165, 1.54) is 14.2 Å². The molecule has 2 rings (SSSR count). The maximum absolute atomic E-state index is 12.2. The Bertz CT molecular complexity index is 599. The largest absolute Gasteiger partial charge is 0.496 e. The lowest BCUT2D eigenvalue weighted by atomic mass is 9.96. The Morgan fingerprint density at radius 1 is 1.30 bits per heavy atom. The van der Waals surface area contributed by atoms with E-state index in [-0.39, 0.29) is 12.2 Å². The van der Waals surface area contributed by atoms with Gasteiger partial charge in [-0.15, -0.1) is 0 Å². The third-order valence-electron chi connectivity index (χ3n) is 4.09. The van der Waals surface area contributed by atoms with Gasteiger partial charge < -0.3 is 19.1 Å². The molecular formula is C17H23NO5. The first kappa shape index (κ1) is 17.1. The van der Waals surface area contributed by atoms with Gasteiger partial charge in [0.1, 0.15) is 17.4 Å². The Morgan fingerprint density at radius 2 is 2.04 bits per heavy atom. The van der Waals surface area contributed by atoms with Crippen LogP contribution in [-0.4, -0.2) is 43.8 Å². The number of hydrogen-bond donors (Lipinski definition) is 0. The van der Waals surface area contributed by atoms with Crippen LogP contribution in [0.1, 0.15) is 41.8 Å². The van der Waals surface area contributed by atoms with Gasteiger partial charge >= 0.3 is 12.1 Å². The minimum Gasteiger partial charge on any atom is -0.496 e. The van der Waals surface area contributed by atoms with Crippen LogP contribution in [0.4, 0.5) is 4.79 Å². The number of amides is 1. The van der Waals surface area contributed by atoms with Crippen molar-refractivity contribution in [3.63, 3.8) is 0 Å². The predicted octanol–water partition coefficient (Wildman–Crippen LogP) is 2.78. The zero-order chi connectivity index (χ0) is 17.0. The number of rotatable bonds is 4. The highest BCUT2D eigenvalue weighted by atomic mass is 16.6. The van der Waals surface area contributed by atoms with Crippen LogP contribution in [0.15, 0.2) is 12.1 Å². The second kappa shape index (κ2) is 7.35. The maximum atomic E-state index is 12.2. The number of methoxy groups -OCH3 is 2. The van der Waals surface area contributed by atoms with Gasteiger partial charge in [-0.05, 0) is 31.4 Å². The van der Waals surface area contributed by atoms with Crippen LogP contribution in [-0.2, 0) is 22.4 Å². The van der Waals surface area contributed by atoms with Crippen molar-refractivity contribution in [2.24, 2.45) is 0 Å². The number of ether oxygens (including phenoxy) is 3. The van der Waals surface area contributed by atoms with E-state index in [2.05, 4.69) is 0 Å². The average molecular weight is 321 g/mol. The van der Waals surface area contributed by atoms with E-state index in [9.17, 15) is 9.59 Å². The van der Waals surface area contributed by atoms with Crippen molar-refractivity contribution in [3.05, 3.63) is 28.8 Å². The summed E-state index contributed by atoms with van der Waals surface area (Å²) < 4.78 is 15.6. The van der Waals surface area contributed by atoms with Gasteiger partial charge in [-0.25, -0.2) is 9.59 Å². The van der Waals surface area contributed by atoms with Crippen LogP contribution in [0.3, 0.4) is 0 Å². The van der Waals surface area contributed by atoms with Crippen LogP contribution in [0, 0.1) is 0 Å². The molecular weight excluding hydrogens is 298 g/mol. The van der Waals surface area contributed by atoms with Crippen LogP contribution in [0.5, 0.6) is 5.75 Å². The van der Waals surface area contributed by atoms with Gasteiger partial charge in [0.2, 0.25) is 0 Å². The highest BCUT2D eigenvalue weighted by Gasteiger charge is 2.27. The zero-order valence-electron chi connectivity index (χ0n) is 14.0. The van der Waals surface area contributed by atoms with Crippen molar-refractivity contribution < 1.29 is 23.8 Å². The van der Waals surface area contributed by atoms with Crippen LogP contribution < -0.4 is 4.74 Å². The highest BCUT2D eigenvalue weighted by molar-refractivity contribution is 5.93. The summed E-state index contributed by atoms with van der Waals surface area (Å²) in [6.45, 7) is 4.83. The normalized spacial score (nSPS) is 14.7. The Hall–Kier alpha value is -2.24. The summed E-state index contributed by atoms with van der Waals surface area (Å²) in [5, 5.41) is 0. The van der Waals surface area contributed by atoms with Crippen molar-refractivity contribution >= 4 is 12.1 Å². The van der Waals surface area contributed by atoms with Crippen LogP contribution in [0.2, 0.25) is 0 Å². The third-order valence-corrected chi connectivity index (χ3v) is 4.09. The molecule has 0 fully saturated rings. The molecule has 1 atom stereocenters. The summed E-state index contributed by atoms with van der Waals surface area (Å²) in [5.41, 5.74) is 2.31. The molecule has 0 saturated carbocycles. The quantitative estimate of drug-likeness (QED) is 0.798. The first-order chi connectivity index (χ1) is 11.0. The van der Waals surface area contributed by atoms with Gasteiger partial charge in [0.25, 0.3) is 0 Å². The van der Waals surface area contributed by atoms with Crippen LogP contribution >= 0.6 is 0 Å². The summed E-state index contributed by atoms with van der Waals surface area (Å²) in [7, 11) is 2.87. The topological polar surface area (TPSA) is 65.1 Å². The molecule has 0 saturated heterocycles. The van der Waals surface area contributed by atoms with Gasteiger partial charge in [-0.2, -0.15) is 0 Å². The number of carbonyl (C=O) groups excluding carboxylic acids is 2. The minimum atomic E-state index is -0.428. The first-order valence-electron chi connectivity index (χ1n) is 7.74. The molecule has 23 heavy (non-hydrogen) atoms. The van der Waals surface area contributed by atoms with E-state index in [4.69, 9.17) is 14.2 Å². The molecule has 1 aliphatic heterocycles. The monoisotopic (exact) mass is 321 g/mol. The molecule has 1 aliphatic rings. The lowest BCUT2D eigenvalue weighted by Gasteiger charge is -2.30. The van der Waals surface area contributed by atoms with Crippen LogP contribution in [0.25, 0.3) is 0 Å². The fraction of sp³-hybridized carbons (Fsp3) is 0.529. The van der Waals surface area contributed by atoms with Crippen molar-refractivity contribution in [2.45, 2.75) is 39.3 Å². The summed E-state index contributed by atoms with van der Waals surface area (Å²) in [5.74, 6) is 0.104. The standard InChI is InChI=1S/C17H23NO5/c1-5-11(2)23-17(20)18-9-8-13-12(10-18)6-7-14(15(13)21-3)16(19)22-4/h6-7,11H,5,8-10H2,1-4H3. The third kappa shape index (κ3) is 3.57. The first-order valence-corrected chi connectivity index (χ1v) is 7.74. The molecule has 0 spiro atoms. The second-order valence-corrected chi connectivity index (χ2v) is 5.55. The van der Waals surface area contributed by atoms with E-state index >= 15 is 0 Å². The molecule has 0 aromatic heterocycles. The molecule has 1 unspecified atom stereocenters. The Balaban J connectivity index is 2.22. The molecule has 126 valence electrons. The molecule has 0 bridgehead atoms. The van der Waals surface area contributed by atoms with Gasteiger partial charge in [-0.3, -0.25) is 0 Å². The van der Waals surface area contributed by atoms with Gasteiger partial charge in [0.05, 0.1) is 14.2 Å². The zero-order valence-corrected chi connectivity index (χ0v) is 14.0. The molecule has 0 radical (unpaired) electrons. The minimum absolute atomic E-state index is 0.0971. The summed E-state index contributed by atoms with van der Waals surface area (Å²) in [6, 6.07) is 3.51. The molecule has 1 amide bonds. The average Bonchev–Trinajstić information content (AvgIpc) is 2.59. The lowest BCUT2D eigenvalue weighted by molar-refractivity contribution is 0.0591. The highest BCUT2D eigenvalue weighted by Crippen LogP contribution is 2.32. The number of carbonyl (C=O) groups is 2. The number of hydrogen-bond acceptors (Lipinski definition) is 5. The number of esters is 1. The summed E-state index contributed by atoms with van der Waals surface area (Å²) in [4.78, 5) is 25.6. The van der Waals surface area contributed by atoms with E-state index < -0.39 is 5.97 Å². The summed E-state index contributed by atoms with van der Waals surface area (Å²) in [6.07, 6.45) is 0.993. The van der Waals surface area contributed by atoms with E-state index in [1.807, 2.05) is 19.9 Å². The fourth-order valence-corrected chi connectivity index (χ4v) is 2.61. The predicted molar refractivity (Wildman–Crippen MR) is 84.7 cm³/mol. The lowest BCUT2D eigenvalue weighted by Crippen LogP contribution is -2.38. The second-order valence-electron chi connectivity index (χ2n) is 5.55. The number of nitrogens with zero attached hydrogens (tertiary/aromatic N) is 1. The van der Waals surface area contributed by atoms with Gasteiger partial charge in [0, 0.05) is 18.7 Å². The van der Waals surface area contributed by atoms with E-state index in [1.54, 1.807) is 11.0 Å². The molecule has 6 heteroatoms. The fourth-order valence-electron chi connectivity index (χ4n) is 2.61. The van der Waals surface area contributed by atoms with Gasteiger partial charge in [0.15, 0.2) is 0 Å². The van der Waals surface area contributed by atoms with E-state index in [0.29, 0.717) is 30.8 Å². The van der Waals surface area contributed by atoms with E-state index in [0.717, 1.165) is 17.5 Å².